The van der Waals surface area contributed by atoms with Crippen molar-refractivity contribution in [2.24, 2.45) is 7.05 Å². The zero-order chi connectivity index (χ0) is 14.0. The number of ether oxygens (including phenoxy) is 1. The van der Waals surface area contributed by atoms with Gasteiger partial charge in [-0.1, -0.05) is 0 Å². The monoisotopic (exact) mass is 264 g/mol. The highest BCUT2D eigenvalue weighted by molar-refractivity contribution is 5.69. The minimum Gasteiger partial charge on any atom is -0.496 e. The van der Waals surface area contributed by atoms with Crippen LogP contribution in [0.2, 0.25) is 0 Å². The maximum Gasteiger partial charge on any atom is 0.128 e. The van der Waals surface area contributed by atoms with E-state index >= 15 is 0 Å². The normalized spacial score (nSPS) is 10.8. The molecule has 0 amide bonds. The lowest BCUT2D eigenvalue weighted by atomic mass is 10.1. The van der Waals surface area contributed by atoms with E-state index in [2.05, 4.69) is 4.98 Å². The van der Waals surface area contributed by atoms with Crippen LogP contribution in [0, 0.1) is 12.7 Å². The molecule has 0 saturated heterocycles. The molecule has 102 valence electrons. The summed E-state index contributed by atoms with van der Waals surface area (Å²) in [4.78, 5) is 4.48. The van der Waals surface area contributed by atoms with Gasteiger partial charge < -0.3 is 14.4 Å². The highest BCUT2D eigenvalue weighted by Crippen LogP contribution is 2.32. The van der Waals surface area contributed by atoms with Gasteiger partial charge in [-0.3, -0.25) is 0 Å². The second-order valence-corrected chi connectivity index (χ2v) is 4.34. The highest BCUT2D eigenvalue weighted by atomic mass is 19.1. The lowest BCUT2D eigenvalue weighted by molar-refractivity contribution is 0.295. The van der Waals surface area contributed by atoms with Crippen LogP contribution in [-0.2, 0) is 13.5 Å². The van der Waals surface area contributed by atoms with Crippen LogP contribution in [0.5, 0.6) is 5.75 Å². The van der Waals surface area contributed by atoms with Gasteiger partial charge in [-0.2, -0.15) is 0 Å². The SMILES string of the molecule is COc1ccc(F)cc1-c1nc(CCO)n(C)c1C. The van der Waals surface area contributed by atoms with Gasteiger partial charge in [-0.15, -0.1) is 0 Å². The Morgan fingerprint density at radius 3 is 2.79 bits per heavy atom. The van der Waals surface area contributed by atoms with Crippen molar-refractivity contribution >= 4 is 0 Å². The maximum atomic E-state index is 13.4. The molecule has 1 heterocycles. The second-order valence-electron chi connectivity index (χ2n) is 4.34. The van der Waals surface area contributed by atoms with Crippen molar-refractivity contribution in [2.45, 2.75) is 13.3 Å². The Hall–Kier alpha value is -1.88. The molecule has 19 heavy (non-hydrogen) atoms. The quantitative estimate of drug-likeness (QED) is 0.919. The number of hydrogen-bond acceptors (Lipinski definition) is 3. The van der Waals surface area contributed by atoms with Crippen molar-refractivity contribution in [2.75, 3.05) is 13.7 Å². The number of hydrogen-bond donors (Lipinski definition) is 1. The summed E-state index contributed by atoms with van der Waals surface area (Å²) >= 11 is 0. The van der Waals surface area contributed by atoms with Gasteiger partial charge in [0.15, 0.2) is 0 Å². The molecule has 0 unspecified atom stereocenters. The fourth-order valence-electron chi connectivity index (χ4n) is 2.08. The molecule has 0 aliphatic rings. The topological polar surface area (TPSA) is 47.3 Å². The molecule has 2 aromatic rings. The second kappa shape index (κ2) is 5.40. The number of imidazole rings is 1. The van der Waals surface area contributed by atoms with Crippen molar-refractivity contribution in [3.63, 3.8) is 0 Å². The molecule has 4 nitrogen and oxygen atoms in total. The number of nitrogens with zero attached hydrogens (tertiary/aromatic N) is 2. The van der Waals surface area contributed by atoms with Crippen LogP contribution in [0.3, 0.4) is 0 Å². The van der Waals surface area contributed by atoms with Gasteiger partial charge in [-0.25, -0.2) is 9.37 Å². The van der Waals surface area contributed by atoms with Crippen LogP contribution in [0.1, 0.15) is 11.5 Å². The molecular weight excluding hydrogens is 247 g/mol. The first-order valence-electron chi connectivity index (χ1n) is 6.05. The highest BCUT2D eigenvalue weighted by Gasteiger charge is 2.16. The Balaban J connectivity index is 2.58. The average molecular weight is 264 g/mol. The molecule has 0 fully saturated rings. The van der Waals surface area contributed by atoms with Crippen molar-refractivity contribution in [1.82, 2.24) is 9.55 Å². The van der Waals surface area contributed by atoms with Crippen molar-refractivity contribution in [3.8, 4) is 17.0 Å². The molecule has 0 bridgehead atoms. The predicted octanol–water partition coefficient (Wildman–Crippen LogP) is 2.08. The van der Waals surface area contributed by atoms with Crippen LogP contribution < -0.4 is 4.74 Å². The Bertz CT molecular complexity index is 593. The van der Waals surface area contributed by atoms with E-state index < -0.39 is 0 Å². The first-order valence-corrected chi connectivity index (χ1v) is 6.05. The van der Waals surface area contributed by atoms with Gasteiger partial charge >= 0.3 is 0 Å². The van der Waals surface area contributed by atoms with Crippen LogP contribution in [0.25, 0.3) is 11.3 Å². The molecule has 1 aromatic carbocycles. The van der Waals surface area contributed by atoms with Crippen LogP contribution >= 0.6 is 0 Å². The summed E-state index contributed by atoms with van der Waals surface area (Å²) in [7, 11) is 3.42. The molecule has 0 saturated carbocycles. The molecule has 0 aliphatic heterocycles. The summed E-state index contributed by atoms with van der Waals surface area (Å²) in [5.74, 6) is 1.02. The molecular formula is C14H17FN2O2. The van der Waals surface area contributed by atoms with E-state index in [-0.39, 0.29) is 12.4 Å². The minimum absolute atomic E-state index is 0.0318. The lowest BCUT2D eigenvalue weighted by Crippen LogP contribution is -2.01. The van der Waals surface area contributed by atoms with Gasteiger partial charge in [0.1, 0.15) is 17.4 Å². The van der Waals surface area contributed by atoms with Crippen molar-refractivity contribution in [1.29, 1.82) is 0 Å². The molecule has 1 N–H and O–H groups in total. The summed E-state index contributed by atoms with van der Waals surface area (Å²) in [5.41, 5.74) is 2.22. The summed E-state index contributed by atoms with van der Waals surface area (Å²) in [5, 5.41) is 9.02. The first-order chi connectivity index (χ1) is 9.08. The number of rotatable bonds is 4. The Morgan fingerprint density at radius 2 is 2.16 bits per heavy atom. The number of benzene rings is 1. The zero-order valence-electron chi connectivity index (χ0n) is 11.3. The van der Waals surface area contributed by atoms with Gasteiger partial charge in [0.2, 0.25) is 0 Å². The van der Waals surface area contributed by atoms with E-state index in [1.807, 2.05) is 18.5 Å². The van der Waals surface area contributed by atoms with E-state index in [4.69, 9.17) is 9.84 Å². The van der Waals surface area contributed by atoms with Crippen molar-refractivity contribution < 1.29 is 14.2 Å². The number of methoxy groups -OCH3 is 1. The first kappa shape index (κ1) is 13.5. The van der Waals surface area contributed by atoms with Gasteiger partial charge in [0, 0.05) is 24.7 Å². The number of aromatic nitrogens is 2. The summed E-state index contributed by atoms with van der Waals surface area (Å²) in [6, 6.07) is 4.36. The van der Waals surface area contributed by atoms with Gasteiger partial charge in [-0.05, 0) is 25.1 Å². The molecule has 1 aromatic heterocycles. The largest absolute Gasteiger partial charge is 0.496 e. The average Bonchev–Trinajstić information content (AvgIpc) is 2.67. The predicted molar refractivity (Wildman–Crippen MR) is 70.7 cm³/mol. The fourth-order valence-corrected chi connectivity index (χ4v) is 2.08. The van der Waals surface area contributed by atoms with Crippen LogP contribution in [0.4, 0.5) is 4.39 Å². The van der Waals surface area contributed by atoms with E-state index in [1.54, 1.807) is 13.2 Å². The summed E-state index contributed by atoms with van der Waals surface area (Å²) in [6.45, 7) is 1.94. The van der Waals surface area contributed by atoms with Crippen molar-refractivity contribution in [3.05, 3.63) is 35.5 Å². The molecule has 0 aliphatic carbocycles. The van der Waals surface area contributed by atoms with E-state index in [9.17, 15) is 4.39 Å². The third-order valence-electron chi connectivity index (χ3n) is 3.23. The Labute approximate surface area is 111 Å². The molecule has 0 atom stereocenters. The number of halogens is 1. The number of aliphatic hydroxyl groups is 1. The third kappa shape index (κ3) is 2.46. The van der Waals surface area contributed by atoms with Gasteiger partial charge in [0.25, 0.3) is 0 Å². The molecule has 0 radical (unpaired) electrons. The smallest absolute Gasteiger partial charge is 0.128 e. The minimum atomic E-state index is -0.329. The van der Waals surface area contributed by atoms with Crippen LogP contribution in [-0.4, -0.2) is 28.4 Å². The lowest BCUT2D eigenvalue weighted by Gasteiger charge is -2.07. The zero-order valence-corrected chi connectivity index (χ0v) is 11.3. The summed E-state index contributed by atoms with van der Waals surface area (Å²) < 4.78 is 20.6. The molecule has 5 heteroatoms. The van der Waals surface area contributed by atoms with E-state index in [1.165, 1.54) is 12.1 Å². The third-order valence-corrected chi connectivity index (χ3v) is 3.23. The fraction of sp³-hybridized carbons (Fsp3) is 0.357. The van der Waals surface area contributed by atoms with E-state index in [0.717, 1.165) is 11.5 Å². The molecule has 2 rings (SSSR count). The molecule has 0 spiro atoms. The summed E-state index contributed by atoms with van der Waals surface area (Å²) in [6.07, 6.45) is 0.467. The Morgan fingerprint density at radius 1 is 1.42 bits per heavy atom. The standard InChI is InChI=1S/C14H17FN2O2/c1-9-14(16-13(6-7-18)17(9)2)11-8-10(15)4-5-12(11)19-3/h4-5,8,18H,6-7H2,1-3H3. The van der Waals surface area contributed by atoms with Crippen LogP contribution in [0.15, 0.2) is 18.2 Å². The Kier molecular flexibility index (Phi) is 3.85. The van der Waals surface area contributed by atoms with Gasteiger partial charge in [0.05, 0.1) is 19.4 Å². The number of aliphatic hydroxyl groups excluding tert-OH is 1. The maximum absolute atomic E-state index is 13.4. The van der Waals surface area contributed by atoms with E-state index in [0.29, 0.717) is 23.4 Å².